The molecule has 0 heterocycles. The van der Waals surface area contributed by atoms with Crippen LogP contribution in [0.5, 0.6) is 5.75 Å². The van der Waals surface area contributed by atoms with E-state index in [1.54, 1.807) is 0 Å². The maximum Gasteiger partial charge on any atom is 0.127 e. The Kier molecular flexibility index (Phi) is 11.6. The van der Waals surface area contributed by atoms with Crippen molar-refractivity contribution in [3.8, 4) is 5.75 Å². The van der Waals surface area contributed by atoms with Crippen molar-refractivity contribution in [1.29, 1.82) is 0 Å². The highest BCUT2D eigenvalue weighted by molar-refractivity contribution is 7.48. The molecule has 3 rings (SSSR count). The van der Waals surface area contributed by atoms with Gasteiger partial charge in [-0.05, 0) is 58.2 Å². The summed E-state index contributed by atoms with van der Waals surface area (Å²) in [4.78, 5) is 4.43. The average Bonchev–Trinajstić information content (AvgIpc) is 2.95. The van der Waals surface area contributed by atoms with E-state index in [9.17, 15) is 0 Å². The molecule has 3 heteroatoms. The predicted molar refractivity (Wildman–Crippen MR) is 188 cm³/mol. The molecule has 3 atom stereocenters. The number of ether oxygens (including phenoxy) is 1. The minimum atomic E-state index is -0.0881. The molecule has 3 unspecified atom stereocenters. The monoisotopic (exact) mass is 585 g/mol. The number of rotatable bonds is 13. The Hall–Kier alpha value is -2.44. The maximum atomic E-state index is 7.04. The van der Waals surface area contributed by atoms with Gasteiger partial charge in [0.15, 0.2) is 0 Å². The fraction of sp³-hybridized carbons (Fsp3) is 0.513. The van der Waals surface area contributed by atoms with Crippen LogP contribution in [0.2, 0.25) is 0 Å². The molecule has 0 N–H and O–H groups in total. The SMILES string of the molecule is CCCCC(C)(Pc1ccc(C)cc1/C=N/C)c1cc(C(C)(C)C)cc(C(C)(C)C(C)CC)c1OCc1ccccc1. The largest absolute Gasteiger partial charge is 0.488 e. The molecular weight excluding hydrogens is 529 g/mol. The zero-order valence-corrected chi connectivity index (χ0v) is 29.3. The summed E-state index contributed by atoms with van der Waals surface area (Å²) in [5.41, 5.74) is 7.79. The molecule has 0 fully saturated rings. The van der Waals surface area contributed by atoms with E-state index in [1.165, 1.54) is 51.5 Å². The van der Waals surface area contributed by atoms with Gasteiger partial charge in [-0.1, -0.05) is 150 Å². The smallest absolute Gasteiger partial charge is 0.127 e. The highest BCUT2D eigenvalue weighted by atomic mass is 31.1. The number of nitrogens with zero attached hydrogens (tertiary/aromatic N) is 1. The first kappa shape index (κ1) is 34.1. The zero-order valence-electron chi connectivity index (χ0n) is 28.3. The van der Waals surface area contributed by atoms with Crippen LogP contribution in [0.15, 0.2) is 65.7 Å². The van der Waals surface area contributed by atoms with E-state index in [0.717, 1.165) is 18.6 Å². The van der Waals surface area contributed by atoms with Gasteiger partial charge in [0.25, 0.3) is 0 Å². The van der Waals surface area contributed by atoms with Gasteiger partial charge in [-0.15, -0.1) is 0 Å². The van der Waals surface area contributed by atoms with Crippen LogP contribution in [0.4, 0.5) is 0 Å². The molecule has 0 aliphatic rings. The van der Waals surface area contributed by atoms with Crippen molar-refractivity contribution in [2.75, 3.05) is 7.05 Å². The molecule has 0 radical (unpaired) electrons. The van der Waals surface area contributed by atoms with Crippen LogP contribution in [-0.2, 0) is 22.6 Å². The number of benzene rings is 3. The Balaban J connectivity index is 2.36. The first-order valence-corrected chi connectivity index (χ1v) is 16.9. The second-order valence-electron chi connectivity index (χ2n) is 14.0. The maximum absolute atomic E-state index is 7.04. The Morgan fingerprint density at radius 1 is 0.905 bits per heavy atom. The van der Waals surface area contributed by atoms with Gasteiger partial charge in [0, 0.05) is 29.5 Å². The lowest BCUT2D eigenvalue weighted by molar-refractivity contribution is 0.271. The molecule has 0 saturated carbocycles. The number of hydrogen-bond acceptors (Lipinski definition) is 2. The van der Waals surface area contributed by atoms with Gasteiger partial charge in [-0.2, -0.15) is 0 Å². The summed E-state index contributed by atoms with van der Waals surface area (Å²) >= 11 is 0. The van der Waals surface area contributed by atoms with Gasteiger partial charge < -0.3 is 4.74 Å². The highest BCUT2D eigenvalue weighted by Crippen LogP contribution is 2.53. The van der Waals surface area contributed by atoms with Crippen LogP contribution in [0, 0.1) is 12.8 Å². The molecule has 0 saturated heterocycles. The Labute approximate surface area is 259 Å². The summed E-state index contributed by atoms with van der Waals surface area (Å²) in [5.74, 6) is 1.61. The van der Waals surface area contributed by atoms with Crippen LogP contribution in [0.3, 0.4) is 0 Å². The van der Waals surface area contributed by atoms with Crippen LogP contribution in [0.25, 0.3) is 0 Å². The molecule has 0 aromatic heterocycles. The van der Waals surface area contributed by atoms with E-state index in [1.807, 2.05) is 13.3 Å². The fourth-order valence-corrected chi connectivity index (χ4v) is 7.41. The minimum absolute atomic E-state index is 0.0195. The van der Waals surface area contributed by atoms with Crippen molar-refractivity contribution < 1.29 is 4.74 Å². The summed E-state index contributed by atoms with van der Waals surface area (Å²) in [6.07, 6.45) is 6.61. The minimum Gasteiger partial charge on any atom is -0.488 e. The van der Waals surface area contributed by atoms with E-state index in [2.05, 4.69) is 135 Å². The molecule has 3 aromatic carbocycles. The number of unbranched alkanes of at least 4 members (excludes halogenated alkanes) is 1. The summed E-state index contributed by atoms with van der Waals surface area (Å²) < 4.78 is 7.04. The summed E-state index contributed by atoms with van der Waals surface area (Å²) in [5, 5.41) is 1.29. The number of aliphatic imine (C=N–C) groups is 1. The molecule has 2 nitrogen and oxygen atoms in total. The van der Waals surface area contributed by atoms with Crippen molar-refractivity contribution in [1.82, 2.24) is 0 Å². The van der Waals surface area contributed by atoms with Crippen LogP contribution >= 0.6 is 8.58 Å². The first-order valence-electron chi connectivity index (χ1n) is 15.9. The van der Waals surface area contributed by atoms with Crippen molar-refractivity contribution >= 4 is 20.1 Å². The van der Waals surface area contributed by atoms with Crippen LogP contribution in [0.1, 0.15) is 121 Å². The third-order valence-electron chi connectivity index (χ3n) is 9.23. The Bertz CT molecular complexity index is 1330. The number of aryl methyl sites for hydroxylation is 1. The van der Waals surface area contributed by atoms with Crippen molar-refractivity contribution in [2.45, 2.75) is 118 Å². The van der Waals surface area contributed by atoms with Gasteiger partial charge in [0.2, 0.25) is 0 Å². The second-order valence-corrected chi connectivity index (χ2v) is 15.9. The van der Waals surface area contributed by atoms with Gasteiger partial charge in [-0.25, -0.2) is 0 Å². The van der Waals surface area contributed by atoms with E-state index in [4.69, 9.17) is 4.74 Å². The molecule has 0 amide bonds. The van der Waals surface area contributed by atoms with Gasteiger partial charge >= 0.3 is 0 Å². The quantitative estimate of drug-likeness (QED) is 0.144. The van der Waals surface area contributed by atoms with Crippen molar-refractivity contribution in [2.24, 2.45) is 10.9 Å². The van der Waals surface area contributed by atoms with Crippen LogP contribution in [-0.4, -0.2) is 13.3 Å². The van der Waals surface area contributed by atoms with Gasteiger partial charge in [0.05, 0.1) is 0 Å². The molecule has 0 spiro atoms. The lowest BCUT2D eigenvalue weighted by Crippen LogP contribution is -2.30. The number of hydrogen-bond donors (Lipinski definition) is 0. The highest BCUT2D eigenvalue weighted by Gasteiger charge is 2.38. The van der Waals surface area contributed by atoms with Crippen molar-refractivity contribution in [3.63, 3.8) is 0 Å². The molecule has 0 aliphatic heterocycles. The summed E-state index contributed by atoms with van der Waals surface area (Å²) in [6.45, 7) is 24.1. The normalized spacial score (nSPS) is 14.9. The van der Waals surface area contributed by atoms with E-state index in [-0.39, 0.29) is 16.0 Å². The second kappa shape index (κ2) is 14.4. The summed E-state index contributed by atoms with van der Waals surface area (Å²) in [7, 11) is 2.46. The van der Waals surface area contributed by atoms with Crippen molar-refractivity contribution in [3.05, 3.63) is 94.0 Å². The Morgan fingerprint density at radius 2 is 1.57 bits per heavy atom. The third-order valence-corrected chi connectivity index (χ3v) is 11.0. The molecule has 0 aliphatic carbocycles. The first-order chi connectivity index (χ1) is 19.8. The fourth-order valence-electron chi connectivity index (χ4n) is 5.75. The molecule has 3 aromatic rings. The molecule has 42 heavy (non-hydrogen) atoms. The topological polar surface area (TPSA) is 21.6 Å². The standard InChI is InChI=1S/C39H56NOP/c1-12-14-22-39(10,42-35-21-20-28(3)23-31(35)26-40-11)34-25-32(37(5,6)7)24-33(38(8,9)29(4)13-2)36(34)41-27-30-18-16-15-17-19-30/h15-21,23-26,29,42H,12-14,22,27H2,1-11H3/b40-26+. The van der Waals surface area contributed by atoms with E-state index < -0.39 is 0 Å². The lowest BCUT2D eigenvalue weighted by Gasteiger charge is -2.40. The third kappa shape index (κ3) is 8.13. The van der Waals surface area contributed by atoms with Crippen LogP contribution < -0.4 is 10.0 Å². The van der Waals surface area contributed by atoms with E-state index in [0.29, 0.717) is 21.1 Å². The lowest BCUT2D eigenvalue weighted by atomic mass is 9.70. The molecule has 228 valence electrons. The Morgan fingerprint density at radius 3 is 2.17 bits per heavy atom. The van der Waals surface area contributed by atoms with Gasteiger partial charge in [-0.3, -0.25) is 4.99 Å². The predicted octanol–water partition coefficient (Wildman–Crippen LogP) is 10.7. The average molecular weight is 586 g/mol. The summed E-state index contributed by atoms with van der Waals surface area (Å²) in [6, 6.07) is 22.5. The van der Waals surface area contributed by atoms with E-state index >= 15 is 0 Å². The molecular formula is C39H56NOP. The zero-order chi connectivity index (χ0) is 31.1. The molecule has 0 bridgehead atoms. The van der Waals surface area contributed by atoms with Gasteiger partial charge in [0.1, 0.15) is 12.4 Å².